The second kappa shape index (κ2) is 5.40. The van der Waals surface area contributed by atoms with Gasteiger partial charge in [-0.2, -0.15) is 0 Å². The lowest BCUT2D eigenvalue weighted by molar-refractivity contribution is 0.146. The van der Waals surface area contributed by atoms with Crippen molar-refractivity contribution in [3.05, 3.63) is 36.2 Å². The zero-order chi connectivity index (χ0) is 10.4. The summed E-state index contributed by atoms with van der Waals surface area (Å²) in [7, 11) is 1.59. The summed E-state index contributed by atoms with van der Waals surface area (Å²) >= 11 is 0. The third-order valence-electron chi connectivity index (χ3n) is 1.75. The first-order valence-electron chi connectivity index (χ1n) is 4.31. The maximum Gasteiger partial charge on any atom is 0.134 e. The zero-order valence-electron chi connectivity index (χ0n) is 8.13. The molecule has 0 aliphatic heterocycles. The van der Waals surface area contributed by atoms with E-state index in [4.69, 9.17) is 9.47 Å². The SMILES string of the molecule is C=Cc1ccc(OCCOC)cc1F. The summed E-state index contributed by atoms with van der Waals surface area (Å²) in [6.07, 6.45) is 1.47. The molecule has 1 aromatic rings. The average Bonchev–Trinajstić information content (AvgIpc) is 2.18. The fourth-order valence-electron chi connectivity index (χ4n) is 1.01. The summed E-state index contributed by atoms with van der Waals surface area (Å²) in [6.45, 7) is 4.41. The molecule has 76 valence electrons. The molecule has 0 unspecified atom stereocenters. The van der Waals surface area contributed by atoms with Crippen molar-refractivity contribution in [1.29, 1.82) is 0 Å². The first-order chi connectivity index (χ1) is 6.77. The first kappa shape index (κ1) is 10.7. The molecular weight excluding hydrogens is 183 g/mol. The van der Waals surface area contributed by atoms with Gasteiger partial charge in [-0.1, -0.05) is 12.7 Å². The van der Waals surface area contributed by atoms with E-state index < -0.39 is 0 Å². The maximum atomic E-state index is 13.2. The van der Waals surface area contributed by atoms with Crippen LogP contribution in [0.4, 0.5) is 4.39 Å². The average molecular weight is 196 g/mol. The molecule has 0 saturated heterocycles. The van der Waals surface area contributed by atoms with E-state index in [0.29, 0.717) is 24.5 Å². The second-order valence-corrected chi connectivity index (χ2v) is 2.73. The van der Waals surface area contributed by atoms with Gasteiger partial charge in [0.1, 0.15) is 18.2 Å². The van der Waals surface area contributed by atoms with Crippen molar-refractivity contribution < 1.29 is 13.9 Å². The molecule has 14 heavy (non-hydrogen) atoms. The maximum absolute atomic E-state index is 13.2. The Morgan fingerprint density at radius 1 is 1.43 bits per heavy atom. The third-order valence-corrected chi connectivity index (χ3v) is 1.75. The van der Waals surface area contributed by atoms with E-state index in [1.807, 2.05) is 0 Å². The van der Waals surface area contributed by atoms with Gasteiger partial charge in [-0.3, -0.25) is 0 Å². The van der Waals surface area contributed by atoms with Crippen molar-refractivity contribution in [3.63, 3.8) is 0 Å². The van der Waals surface area contributed by atoms with E-state index in [0.717, 1.165) is 0 Å². The molecule has 0 saturated carbocycles. The van der Waals surface area contributed by atoms with Crippen LogP contribution in [0.25, 0.3) is 6.08 Å². The van der Waals surface area contributed by atoms with Gasteiger partial charge in [0, 0.05) is 18.7 Å². The van der Waals surface area contributed by atoms with Crippen molar-refractivity contribution in [1.82, 2.24) is 0 Å². The summed E-state index contributed by atoms with van der Waals surface area (Å²) in [5, 5.41) is 0. The van der Waals surface area contributed by atoms with Gasteiger partial charge in [0.25, 0.3) is 0 Å². The molecule has 0 aromatic heterocycles. The molecule has 0 heterocycles. The Balaban J connectivity index is 2.62. The van der Waals surface area contributed by atoms with Crippen molar-refractivity contribution >= 4 is 6.08 Å². The van der Waals surface area contributed by atoms with Gasteiger partial charge in [0.15, 0.2) is 0 Å². The molecule has 1 aromatic carbocycles. The molecule has 0 radical (unpaired) electrons. The Bertz CT molecular complexity index is 310. The van der Waals surface area contributed by atoms with E-state index >= 15 is 0 Å². The van der Waals surface area contributed by atoms with E-state index in [1.165, 1.54) is 12.1 Å². The predicted molar refractivity (Wildman–Crippen MR) is 53.9 cm³/mol. The smallest absolute Gasteiger partial charge is 0.134 e. The normalized spacial score (nSPS) is 9.86. The lowest BCUT2D eigenvalue weighted by atomic mass is 10.2. The van der Waals surface area contributed by atoms with E-state index in [1.54, 1.807) is 19.2 Å². The first-order valence-corrected chi connectivity index (χ1v) is 4.31. The quantitative estimate of drug-likeness (QED) is 0.673. The topological polar surface area (TPSA) is 18.5 Å². The van der Waals surface area contributed by atoms with E-state index in [-0.39, 0.29) is 5.82 Å². The van der Waals surface area contributed by atoms with Crippen LogP contribution in [0.3, 0.4) is 0 Å². The van der Waals surface area contributed by atoms with Gasteiger partial charge >= 0.3 is 0 Å². The van der Waals surface area contributed by atoms with Gasteiger partial charge in [-0.05, 0) is 12.1 Å². The van der Waals surface area contributed by atoms with Crippen LogP contribution in [-0.4, -0.2) is 20.3 Å². The summed E-state index contributed by atoms with van der Waals surface area (Å²) in [4.78, 5) is 0. The number of rotatable bonds is 5. The van der Waals surface area contributed by atoms with Gasteiger partial charge in [0.2, 0.25) is 0 Å². The van der Waals surface area contributed by atoms with Gasteiger partial charge in [-0.25, -0.2) is 4.39 Å². The molecule has 0 atom stereocenters. The minimum Gasteiger partial charge on any atom is -0.491 e. The summed E-state index contributed by atoms with van der Waals surface area (Å²) in [5.74, 6) is 0.181. The minimum atomic E-state index is -0.324. The minimum absolute atomic E-state index is 0.324. The molecule has 0 N–H and O–H groups in total. The molecule has 0 fully saturated rings. The van der Waals surface area contributed by atoms with Gasteiger partial charge < -0.3 is 9.47 Å². The summed E-state index contributed by atoms with van der Waals surface area (Å²) in [6, 6.07) is 4.67. The number of methoxy groups -OCH3 is 1. The lowest BCUT2D eigenvalue weighted by Crippen LogP contribution is -2.04. The molecule has 1 rings (SSSR count). The van der Waals surface area contributed by atoms with Crippen LogP contribution in [-0.2, 0) is 4.74 Å². The van der Waals surface area contributed by atoms with Crippen molar-refractivity contribution in [2.45, 2.75) is 0 Å². The molecular formula is C11H13FO2. The van der Waals surface area contributed by atoms with Crippen molar-refractivity contribution in [2.24, 2.45) is 0 Å². The van der Waals surface area contributed by atoms with E-state index in [2.05, 4.69) is 6.58 Å². The molecule has 0 aliphatic carbocycles. The molecule has 2 nitrogen and oxygen atoms in total. The number of hydrogen-bond acceptors (Lipinski definition) is 2. The van der Waals surface area contributed by atoms with Crippen molar-refractivity contribution in [3.8, 4) is 5.75 Å². The highest BCUT2D eigenvalue weighted by Gasteiger charge is 2.00. The molecule has 0 spiro atoms. The van der Waals surface area contributed by atoms with Crippen molar-refractivity contribution in [2.75, 3.05) is 20.3 Å². The highest BCUT2D eigenvalue weighted by Crippen LogP contribution is 2.17. The highest BCUT2D eigenvalue weighted by atomic mass is 19.1. The zero-order valence-corrected chi connectivity index (χ0v) is 8.13. The largest absolute Gasteiger partial charge is 0.491 e. The Morgan fingerprint density at radius 2 is 2.21 bits per heavy atom. The van der Waals surface area contributed by atoms with E-state index in [9.17, 15) is 4.39 Å². The summed E-state index contributed by atoms with van der Waals surface area (Å²) in [5.41, 5.74) is 0.476. The number of hydrogen-bond donors (Lipinski definition) is 0. The second-order valence-electron chi connectivity index (χ2n) is 2.73. The standard InChI is InChI=1S/C11H13FO2/c1-3-9-4-5-10(8-11(9)12)14-7-6-13-2/h3-5,8H,1,6-7H2,2H3. The molecule has 0 bridgehead atoms. The lowest BCUT2D eigenvalue weighted by Gasteiger charge is -2.06. The molecule has 3 heteroatoms. The highest BCUT2D eigenvalue weighted by molar-refractivity contribution is 5.49. The fourth-order valence-corrected chi connectivity index (χ4v) is 1.01. The van der Waals surface area contributed by atoms with Crippen LogP contribution in [0.2, 0.25) is 0 Å². The Hall–Kier alpha value is -1.35. The number of benzene rings is 1. The Kier molecular flexibility index (Phi) is 4.13. The number of ether oxygens (including phenoxy) is 2. The van der Waals surface area contributed by atoms with Crippen LogP contribution in [0.15, 0.2) is 24.8 Å². The molecule has 0 amide bonds. The summed E-state index contributed by atoms with van der Waals surface area (Å²) < 4.78 is 23.2. The Labute approximate surface area is 83.0 Å². The van der Waals surface area contributed by atoms with Gasteiger partial charge in [-0.15, -0.1) is 0 Å². The fraction of sp³-hybridized carbons (Fsp3) is 0.273. The third kappa shape index (κ3) is 2.85. The van der Waals surface area contributed by atoms with Crippen LogP contribution in [0.5, 0.6) is 5.75 Å². The van der Waals surface area contributed by atoms with Crippen LogP contribution in [0, 0.1) is 5.82 Å². The van der Waals surface area contributed by atoms with Crippen LogP contribution >= 0.6 is 0 Å². The van der Waals surface area contributed by atoms with Gasteiger partial charge in [0.05, 0.1) is 6.61 Å². The van der Waals surface area contributed by atoms with Crippen LogP contribution in [0.1, 0.15) is 5.56 Å². The number of halogens is 1. The Morgan fingerprint density at radius 3 is 2.79 bits per heavy atom. The van der Waals surface area contributed by atoms with Crippen LogP contribution < -0.4 is 4.74 Å². The predicted octanol–water partition coefficient (Wildman–Crippen LogP) is 2.49. The molecule has 0 aliphatic rings. The monoisotopic (exact) mass is 196 g/mol.